The summed E-state index contributed by atoms with van der Waals surface area (Å²) >= 11 is 0.330. The fourth-order valence-electron chi connectivity index (χ4n) is 4.39. The van der Waals surface area contributed by atoms with Crippen LogP contribution in [0.4, 0.5) is 5.82 Å². The summed E-state index contributed by atoms with van der Waals surface area (Å²) in [5.41, 5.74) is 6.69. The molecule has 2 atom stereocenters. The first-order chi connectivity index (χ1) is 15.3. The van der Waals surface area contributed by atoms with Crippen LogP contribution in [0.25, 0.3) is 6.08 Å². The van der Waals surface area contributed by atoms with Gasteiger partial charge in [-0.2, -0.15) is 5.10 Å². The third-order valence-corrected chi connectivity index (χ3v) is 8.52. The Morgan fingerprint density at radius 2 is 2.12 bits per heavy atom. The second-order valence-corrected chi connectivity index (χ2v) is 11.4. The fourth-order valence-corrected chi connectivity index (χ4v) is 6.23. The molecular formula is C27H40IN4-. The minimum absolute atomic E-state index is 0.330. The Balaban J connectivity index is 0.000000352. The first-order valence-electron chi connectivity index (χ1n) is 11.8. The summed E-state index contributed by atoms with van der Waals surface area (Å²) in [5.74, 6) is 2.34. The summed E-state index contributed by atoms with van der Waals surface area (Å²) in [6, 6.07) is 8.56. The van der Waals surface area contributed by atoms with Gasteiger partial charge in [0, 0.05) is 23.4 Å². The molecule has 2 aliphatic rings. The number of nitrogens with zero attached hydrogens (tertiary/aromatic N) is 1. The van der Waals surface area contributed by atoms with Crippen molar-refractivity contribution in [2.75, 3.05) is 10.2 Å². The molecule has 0 spiro atoms. The number of aryl methyl sites for hydroxylation is 2. The zero-order chi connectivity index (χ0) is 23.1. The molecule has 1 aromatic carbocycles. The van der Waals surface area contributed by atoms with Crippen LogP contribution in [-0.2, 0) is 6.42 Å². The van der Waals surface area contributed by atoms with Gasteiger partial charge in [0.15, 0.2) is 5.82 Å². The van der Waals surface area contributed by atoms with E-state index in [4.69, 9.17) is 0 Å². The molecule has 2 aromatic rings. The molecule has 1 aromatic heterocycles. The average molecular weight is 548 g/mol. The molecule has 176 valence electrons. The second kappa shape index (κ2) is 11.5. The van der Waals surface area contributed by atoms with Crippen molar-refractivity contribution in [3.8, 4) is 0 Å². The number of aromatic amines is 1. The third kappa shape index (κ3) is 7.20. The number of H-pyrrole nitrogens is 1. The van der Waals surface area contributed by atoms with Crippen LogP contribution in [0.5, 0.6) is 0 Å². The molecule has 2 aliphatic carbocycles. The van der Waals surface area contributed by atoms with E-state index in [0.717, 1.165) is 30.3 Å². The zero-order valence-corrected chi connectivity index (χ0v) is 22.4. The summed E-state index contributed by atoms with van der Waals surface area (Å²) in [7, 11) is 0. The van der Waals surface area contributed by atoms with E-state index in [9.17, 15) is 0 Å². The number of hydrogen-bond acceptors (Lipinski definition) is 3. The van der Waals surface area contributed by atoms with Crippen LogP contribution >= 0.6 is 0 Å². The number of aromatic nitrogens is 2. The molecule has 0 radical (unpaired) electrons. The van der Waals surface area contributed by atoms with Crippen LogP contribution in [-0.4, -0.2) is 20.7 Å². The van der Waals surface area contributed by atoms with Crippen molar-refractivity contribution in [1.29, 1.82) is 0 Å². The van der Waals surface area contributed by atoms with E-state index in [1.165, 1.54) is 54.5 Å². The maximum absolute atomic E-state index is 4.42. The average Bonchev–Trinajstić information content (AvgIpc) is 3.13. The van der Waals surface area contributed by atoms with E-state index in [0.29, 0.717) is 32.9 Å². The number of hydrogen-bond donors (Lipinski definition) is 3. The number of allylic oxidation sites excluding steroid dienone is 1. The van der Waals surface area contributed by atoms with E-state index in [1.54, 1.807) is 0 Å². The van der Waals surface area contributed by atoms with Crippen molar-refractivity contribution in [3.05, 3.63) is 65.5 Å². The van der Waals surface area contributed by atoms with Gasteiger partial charge in [-0.15, -0.1) is 0 Å². The van der Waals surface area contributed by atoms with Gasteiger partial charge in [-0.1, -0.05) is 50.8 Å². The van der Waals surface area contributed by atoms with E-state index in [-0.39, 0.29) is 0 Å². The molecule has 0 amide bonds. The second-order valence-electron chi connectivity index (χ2n) is 9.75. The number of benzene rings is 1. The van der Waals surface area contributed by atoms with Crippen molar-refractivity contribution in [3.63, 3.8) is 0 Å². The van der Waals surface area contributed by atoms with Gasteiger partial charge in [0.05, 0.1) is 0 Å². The number of rotatable bonds is 9. The molecular weight excluding hydrogens is 507 g/mol. The molecule has 0 bridgehead atoms. The van der Waals surface area contributed by atoms with Crippen molar-refractivity contribution in [2.45, 2.75) is 77.2 Å². The summed E-state index contributed by atoms with van der Waals surface area (Å²) in [4.78, 5) is 2.27. The molecule has 0 aliphatic heterocycles. The van der Waals surface area contributed by atoms with Crippen LogP contribution in [0.3, 0.4) is 0 Å². The van der Waals surface area contributed by atoms with Gasteiger partial charge in [-0.25, -0.2) is 0 Å². The first kappa shape index (κ1) is 25.0. The van der Waals surface area contributed by atoms with Gasteiger partial charge in [0.1, 0.15) is 0 Å². The Morgan fingerprint density at radius 3 is 2.72 bits per heavy atom. The molecule has 2 unspecified atom stereocenters. The van der Waals surface area contributed by atoms with E-state index >= 15 is 0 Å². The summed E-state index contributed by atoms with van der Waals surface area (Å²) in [5, 5.41) is 11.0. The predicted molar refractivity (Wildman–Crippen MR) is 133 cm³/mol. The standard InChI is InChI=1S/C22H29N3.C5H11IN/c1-5-20-16(3)7-6-8-18(20)12-10-17(4)23-22-14-21(24-25-22)19-11-9-15(2)13-19;1-5(3-4-5)7-6-2/h5-8,14-15,19H,1,4,9-13H2,2-3H3,(H2,23,24,25);7H,3-4H2,1-2H3/q;-1. The van der Waals surface area contributed by atoms with Crippen LogP contribution in [0.15, 0.2) is 43.1 Å². The summed E-state index contributed by atoms with van der Waals surface area (Å²) in [6.45, 7) is 14.9. The molecule has 4 rings (SSSR count). The Kier molecular flexibility index (Phi) is 9.00. The topological polar surface area (TPSA) is 52.7 Å². The molecule has 2 fully saturated rings. The predicted octanol–water partition coefficient (Wildman–Crippen LogP) is 3.59. The van der Waals surface area contributed by atoms with Gasteiger partial charge in [-0.05, 0) is 55.2 Å². The van der Waals surface area contributed by atoms with Crippen LogP contribution in [0.1, 0.15) is 80.7 Å². The van der Waals surface area contributed by atoms with E-state index in [2.05, 4.69) is 82.2 Å². The molecule has 5 heteroatoms. The van der Waals surface area contributed by atoms with Crippen LogP contribution < -0.4 is 30.3 Å². The number of halogens is 1. The molecule has 4 nitrogen and oxygen atoms in total. The SMILES string of the molecule is C=Cc1c(C)cccc1CCC(=C)Nc1cc(C2CCC(C)C2)[nH]n1.C[I-]NC1(C)CC1. The fraction of sp³-hybridized carbons (Fsp3) is 0.519. The Bertz CT molecular complexity index is 912. The summed E-state index contributed by atoms with van der Waals surface area (Å²) < 4.78 is 3.51. The first-order valence-corrected chi connectivity index (χ1v) is 15.0. The normalized spacial score (nSPS) is 21.0. The summed E-state index contributed by atoms with van der Waals surface area (Å²) in [6.07, 6.45) is 10.4. The van der Waals surface area contributed by atoms with Crippen LogP contribution in [0, 0.1) is 12.8 Å². The van der Waals surface area contributed by atoms with Crippen molar-refractivity contribution >= 4 is 11.9 Å². The molecule has 3 N–H and O–H groups in total. The minimum atomic E-state index is 0.330. The molecule has 32 heavy (non-hydrogen) atoms. The molecule has 1 heterocycles. The molecule has 2 saturated carbocycles. The number of nitrogens with one attached hydrogen (secondary N) is 3. The quantitative estimate of drug-likeness (QED) is 0.256. The van der Waals surface area contributed by atoms with Crippen molar-refractivity contribution in [2.24, 2.45) is 5.92 Å². The van der Waals surface area contributed by atoms with Crippen LogP contribution in [0.2, 0.25) is 0 Å². The van der Waals surface area contributed by atoms with Gasteiger partial charge in [0.25, 0.3) is 0 Å². The van der Waals surface area contributed by atoms with Gasteiger partial charge in [0.2, 0.25) is 0 Å². The van der Waals surface area contributed by atoms with Crippen molar-refractivity contribution < 1.29 is 21.5 Å². The Hall–Kier alpha value is -1.60. The van der Waals surface area contributed by atoms with Crippen molar-refractivity contribution in [1.82, 2.24) is 13.7 Å². The zero-order valence-electron chi connectivity index (χ0n) is 20.2. The number of alkyl halides is 1. The Morgan fingerprint density at radius 1 is 1.34 bits per heavy atom. The van der Waals surface area contributed by atoms with E-state index in [1.807, 2.05) is 6.08 Å². The maximum atomic E-state index is 4.42. The molecule has 0 saturated heterocycles. The van der Waals surface area contributed by atoms with Gasteiger partial charge < -0.3 is 5.32 Å². The Labute approximate surface area is 205 Å². The number of anilines is 1. The van der Waals surface area contributed by atoms with Gasteiger partial charge in [-0.3, -0.25) is 5.10 Å². The van der Waals surface area contributed by atoms with Gasteiger partial charge >= 0.3 is 55.2 Å². The third-order valence-electron chi connectivity index (χ3n) is 6.67. The van der Waals surface area contributed by atoms with E-state index < -0.39 is 0 Å². The monoisotopic (exact) mass is 547 g/mol.